The minimum atomic E-state index is -4.49. The Kier molecular flexibility index (Phi) is 5.92. The van der Waals surface area contributed by atoms with Crippen molar-refractivity contribution in [1.82, 2.24) is 5.32 Å². The lowest BCUT2D eigenvalue weighted by Gasteiger charge is -2.20. The Morgan fingerprint density at radius 2 is 1.58 bits per heavy atom. The molecule has 128 valence electrons. The fraction of sp³-hybridized carbons (Fsp3) is 0.235. The quantitative estimate of drug-likeness (QED) is 0.815. The van der Waals surface area contributed by atoms with Crippen LogP contribution in [0.3, 0.4) is 0 Å². The largest absolute Gasteiger partial charge is 0.411 e. The molecule has 1 amide bonds. The third-order valence-electron chi connectivity index (χ3n) is 3.14. The molecule has 0 aliphatic rings. The first kappa shape index (κ1) is 17.9. The summed E-state index contributed by atoms with van der Waals surface area (Å²) in [5, 5.41) is 2.60. The number of carbonyl (C=O) groups is 1. The molecule has 0 radical (unpaired) electrons. The molecule has 7 heteroatoms. The summed E-state index contributed by atoms with van der Waals surface area (Å²) in [5.74, 6) is -1.12. The van der Waals surface area contributed by atoms with Crippen molar-refractivity contribution in [2.24, 2.45) is 0 Å². The number of alkyl halides is 3. The number of rotatable bonds is 6. The summed E-state index contributed by atoms with van der Waals surface area (Å²) in [5.41, 5.74) is 1.32. The van der Waals surface area contributed by atoms with Gasteiger partial charge in [0.1, 0.15) is 19.0 Å². The molecule has 2 aromatic rings. The van der Waals surface area contributed by atoms with Gasteiger partial charge in [0.2, 0.25) is 5.91 Å². The highest BCUT2D eigenvalue weighted by molar-refractivity contribution is 5.78. The number of hydrogen-bond acceptors (Lipinski definition) is 2. The van der Waals surface area contributed by atoms with Crippen LogP contribution >= 0.6 is 0 Å². The van der Waals surface area contributed by atoms with Crippen LogP contribution in [0.25, 0.3) is 0 Å². The summed E-state index contributed by atoms with van der Waals surface area (Å²) < 4.78 is 53.6. The van der Waals surface area contributed by atoms with Crippen LogP contribution in [-0.2, 0) is 9.53 Å². The zero-order valence-corrected chi connectivity index (χ0v) is 12.5. The first-order valence-electron chi connectivity index (χ1n) is 7.09. The van der Waals surface area contributed by atoms with E-state index in [-0.39, 0.29) is 0 Å². The molecule has 0 aliphatic carbocycles. The fourth-order valence-corrected chi connectivity index (χ4v) is 2.12. The summed E-state index contributed by atoms with van der Waals surface area (Å²) in [6.07, 6.45) is -4.49. The number of benzene rings is 2. The van der Waals surface area contributed by atoms with Crippen LogP contribution in [0.5, 0.6) is 0 Å². The SMILES string of the molecule is O=C(COCC(F)(F)F)NC(c1ccccc1)c1ccc(F)cc1. The summed E-state index contributed by atoms with van der Waals surface area (Å²) in [7, 11) is 0. The molecule has 0 fully saturated rings. The van der Waals surface area contributed by atoms with E-state index in [0.29, 0.717) is 11.1 Å². The van der Waals surface area contributed by atoms with Crippen LogP contribution in [0.15, 0.2) is 54.6 Å². The number of nitrogens with one attached hydrogen (secondary N) is 1. The third-order valence-corrected chi connectivity index (χ3v) is 3.14. The summed E-state index contributed by atoms with van der Waals surface area (Å²) in [6.45, 7) is -2.21. The molecular weight excluding hydrogens is 326 g/mol. The standard InChI is InChI=1S/C17H15F4NO2/c18-14-8-6-13(7-9-14)16(12-4-2-1-3-5-12)22-15(23)10-24-11-17(19,20)21/h1-9,16H,10-11H2,(H,22,23). The van der Waals surface area contributed by atoms with Crippen molar-refractivity contribution in [2.75, 3.05) is 13.2 Å². The van der Waals surface area contributed by atoms with Gasteiger partial charge in [-0.1, -0.05) is 42.5 Å². The molecule has 0 aromatic heterocycles. The zero-order chi connectivity index (χ0) is 17.6. The highest BCUT2D eigenvalue weighted by Crippen LogP contribution is 2.22. The predicted molar refractivity (Wildman–Crippen MR) is 79.7 cm³/mol. The van der Waals surface area contributed by atoms with Gasteiger partial charge in [-0.3, -0.25) is 4.79 Å². The molecule has 2 aromatic carbocycles. The van der Waals surface area contributed by atoms with Gasteiger partial charge in [-0.25, -0.2) is 4.39 Å². The van der Waals surface area contributed by atoms with Crippen LogP contribution < -0.4 is 5.32 Å². The van der Waals surface area contributed by atoms with Gasteiger partial charge >= 0.3 is 6.18 Å². The van der Waals surface area contributed by atoms with E-state index in [1.807, 2.05) is 0 Å². The molecule has 0 saturated carbocycles. The van der Waals surface area contributed by atoms with Crippen molar-refractivity contribution in [1.29, 1.82) is 0 Å². The lowest BCUT2D eigenvalue weighted by atomic mass is 9.98. The van der Waals surface area contributed by atoms with Crippen molar-refractivity contribution < 1.29 is 27.1 Å². The molecule has 24 heavy (non-hydrogen) atoms. The molecule has 0 bridgehead atoms. The molecular formula is C17H15F4NO2. The Balaban J connectivity index is 2.09. The van der Waals surface area contributed by atoms with E-state index >= 15 is 0 Å². The van der Waals surface area contributed by atoms with Gasteiger partial charge in [0, 0.05) is 0 Å². The van der Waals surface area contributed by atoms with Gasteiger partial charge in [-0.05, 0) is 23.3 Å². The Bertz CT molecular complexity index is 657. The minimum Gasteiger partial charge on any atom is -0.362 e. The Morgan fingerprint density at radius 3 is 2.17 bits per heavy atom. The minimum absolute atomic E-state index is 0.426. The monoisotopic (exact) mass is 341 g/mol. The first-order chi connectivity index (χ1) is 11.3. The zero-order valence-electron chi connectivity index (χ0n) is 12.5. The average molecular weight is 341 g/mol. The van der Waals surface area contributed by atoms with Crippen molar-refractivity contribution in [3.05, 3.63) is 71.5 Å². The highest BCUT2D eigenvalue weighted by atomic mass is 19.4. The van der Waals surface area contributed by atoms with E-state index in [4.69, 9.17) is 0 Å². The van der Waals surface area contributed by atoms with Gasteiger partial charge < -0.3 is 10.1 Å². The maximum Gasteiger partial charge on any atom is 0.411 e. The summed E-state index contributed by atoms with van der Waals surface area (Å²) >= 11 is 0. The van der Waals surface area contributed by atoms with Gasteiger partial charge in [0.05, 0.1) is 6.04 Å². The van der Waals surface area contributed by atoms with Crippen LogP contribution in [-0.4, -0.2) is 25.3 Å². The first-order valence-corrected chi connectivity index (χ1v) is 7.09. The molecule has 0 spiro atoms. The lowest BCUT2D eigenvalue weighted by Crippen LogP contribution is -2.33. The van der Waals surface area contributed by atoms with E-state index in [1.54, 1.807) is 30.3 Å². The highest BCUT2D eigenvalue weighted by Gasteiger charge is 2.28. The number of carbonyl (C=O) groups excluding carboxylic acids is 1. The topological polar surface area (TPSA) is 38.3 Å². The second kappa shape index (κ2) is 7.92. The molecule has 1 unspecified atom stereocenters. The molecule has 1 N–H and O–H groups in total. The van der Waals surface area contributed by atoms with E-state index < -0.39 is 37.2 Å². The Labute approximate surface area is 136 Å². The Morgan fingerprint density at radius 1 is 1.00 bits per heavy atom. The maximum atomic E-state index is 13.1. The normalized spacial score (nSPS) is 12.7. The van der Waals surface area contributed by atoms with Crippen LogP contribution in [0.4, 0.5) is 17.6 Å². The smallest absolute Gasteiger partial charge is 0.362 e. The Hall–Kier alpha value is -2.41. The van der Waals surface area contributed by atoms with Crippen LogP contribution in [0.2, 0.25) is 0 Å². The van der Waals surface area contributed by atoms with Crippen molar-refractivity contribution >= 4 is 5.91 Å². The van der Waals surface area contributed by atoms with Gasteiger partial charge in [0.25, 0.3) is 0 Å². The average Bonchev–Trinajstić information content (AvgIpc) is 2.53. The van der Waals surface area contributed by atoms with E-state index in [2.05, 4.69) is 10.1 Å². The van der Waals surface area contributed by atoms with Gasteiger partial charge in [0.15, 0.2) is 0 Å². The predicted octanol–water partition coefficient (Wildman–Crippen LogP) is 3.61. The molecule has 0 saturated heterocycles. The number of halogens is 4. The molecule has 2 rings (SSSR count). The van der Waals surface area contributed by atoms with Crippen molar-refractivity contribution in [3.8, 4) is 0 Å². The number of amides is 1. The molecule has 1 atom stereocenters. The van der Waals surface area contributed by atoms with E-state index in [1.165, 1.54) is 24.3 Å². The maximum absolute atomic E-state index is 13.1. The fourth-order valence-electron chi connectivity index (χ4n) is 2.12. The van der Waals surface area contributed by atoms with Crippen LogP contribution in [0.1, 0.15) is 17.2 Å². The third kappa shape index (κ3) is 5.66. The second-order valence-corrected chi connectivity index (χ2v) is 5.07. The van der Waals surface area contributed by atoms with E-state index in [9.17, 15) is 22.4 Å². The second-order valence-electron chi connectivity index (χ2n) is 5.07. The van der Waals surface area contributed by atoms with Crippen molar-refractivity contribution in [3.63, 3.8) is 0 Å². The lowest BCUT2D eigenvalue weighted by molar-refractivity contribution is -0.175. The van der Waals surface area contributed by atoms with Crippen molar-refractivity contribution in [2.45, 2.75) is 12.2 Å². The number of hydrogen-bond donors (Lipinski definition) is 1. The van der Waals surface area contributed by atoms with Crippen LogP contribution in [0, 0.1) is 5.82 Å². The molecule has 0 aliphatic heterocycles. The molecule has 0 heterocycles. The summed E-state index contributed by atoms with van der Waals surface area (Å²) in [6, 6.07) is 13.7. The van der Waals surface area contributed by atoms with Gasteiger partial charge in [-0.2, -0.15) is 13.2 Å². The molecule has 3 nitrogen and oxygen atoms in total. The van der Waals surface area contributed by atoms with Gasteiger partial charge in [-0.15, -0.1) is 0 Å². The van der Waals surface area contributed by atoms with E-state index in [0.717, 1.165) is 0 Å². The summed E-state index contributed by atoms with van der Waals surface area (Å²) in [4.78, 5) is 11.9. The number of ether oxygens (including phenoxy) is 1.